The Morgan fingerprint density at radius 2 is 1.95 bits per heavy atom. The summed E-state index contributed by atoms with van der Waals surface area (Å²) in [5.41, 5.74) is 1.21. The van der Waals surface area contributed by atoms with Gasteiger partial charge in [0, 0.05) is 28.7 Å². The quantitative estimate of drug-likeness (QED) is 0.885. The summed E-state index contributed by atoms with van der Waals surface area (Å²) in [6, 6.07) is 11.4. The Bertz CT molecular complexity index is 554. The maximum absolute atomic E-state index is 13.6. The van der Waals surface area contributed by atoms with Crippen LogP contribution in [-0.4, -0.2) is 5.11 Å². The second kappa shape index (κ2) is 6.04. The number of rotatable bonds is 4. The van der Waals surface area contributed by atoms with Gasteiger partial charge in [0.15, 0.2) is 0 Å². The molecule has 19 heavy (non-hydrogen) atoms. The second-order valence-electron chi connectivity index (χ2n) is 4.36. The van der Waals surface area contributed by atoms with E-state index in [0.717, 1.165) is 0 Å². The Labute approximate surface area is 116 Å². The van der Waals surface area contributed by atoms with E-state index in [4.69, 9.17) is 11.6 Å². The first-order valence-corrected chi connectivity index (χ1v) is 6.41. The molecule has 2 aromatic rings. The van der Waals surface area contributed by atoms with Gasteiger partial charge < -0.3 is 10.4 Å². The van der Waals surface area contributed by atoms with E-state index in [1.807, 2.05) is 6.92 Å². The van der Waals surface area contributed by atoms with Crippen LogP contribution in [0.1, 0.15) is 24.1 Å². The van der Waals surface area contributed by atoms with E-state index in [-0.39, 0.29) is 17.6 Å². The van der Waals surface area contributed by atoms with Crippen LogP contribution in [0.3, 0.4) is 0 Å². The van der Waals surface area contributed by atoms with Gasteiger partial charge in [-0.05, 0) is 25.1 Å². The zero-order valence-electron chi connectivity index (χ0n) is 10.5. The first kappa shape index (κ1) is 13.8. The van der Waals surface area contributed by atoms with Gasteiger partial charge in [-0.2, -0.15) is 0 Å². The average molecular weight is 280 g/mol. The number of phenolic OH excluding ortho intramolecular Hbond substituents is 1. The molecule has 0 radical (unpaired) electrons. The summed E-state index contributed by atoms with van der Waals surface area (Å²) >= 11 is 6.02. The van der Waals surface area contributed by atoms with Crippen molar-refractivity contribution >= 4 is 11.6 Å². The molecule has 2 nitrogen and oxygen atoms in total. The summed E-state index contributed by atoms with van der Waals surface area (Å²) < 4.78 is 13.6. The van der Waals surface area contributed by atoms with E-state index in [1.165, 1.54) is 6.07 Å². The monoisotopic (exact) mass is 279 g/mol. The Morgan fingerprint density at radius 3 is 2.63 bits per heavy atom. The molecule has 0 aliphatic heterocycles. The van der Waals surface area contributed by atoms with Gasteiger partial charge in [0.25, 0.3) is 0 Å². The second-order valence-corrected chi connectivity index (χ2v) is 4.77. The van der Waals surface area contributed by atoms with Crippen LogP contribution >= 0.6 is 11.6 Å². The van der Waals surface area contributed by atoms with Crippen molar-refractivity contribution in [3.63, 3.8) is 0 Å². The maximum atomic E-state index is 13.6. The van der Waals surface area contributed by atoms with Crippen molar-refractivity contribution in [1.82, 2.24) is 5.32 Å². The fourth-order valence-electron chi connectivity index (χ4n) is 1.91. The molecule has 0 aromatic heterocycles. The van der Waals surface area contributed by atoms with Crippen molar-refractivity contribution in [2.45, 2.75) is 19.5 Å². The minimum atomic E-state index is -0.245. The smallest absolute Gasteiger partial charge is 0.127 e. The molecule has 0 aliphatic rings. The first-order valence-electron chi connectivity index (χ1n) is 6.03. The minimum Gasteiger partial charge on any atom is -0.508 e. The maximum Gasteiger partial charge on any atom is 0.127 e. The third-order valence-corrected chi connectivity index (χ3v) is 3.40. The van der Waals surface area contributed by atoms with Crippen molar-refractivity contribution < 1.29 is 9.50 Å². The van der Waals surface area contributed by atoms with Crippen molar-refractivity contribution in [1.29, 1.82) is 0 Å². The standard InChI is InChI=1S/C15H15ClFNO/c1-10(11-5-2-3-7-14(11)17)18-9-12-13(16)6-4-8-15(12)19/h2-8,10,18-19H,9H2,1H3. The third-order valence-electron chi connectivity index (χ3n) is 3.05. The normalized spacial score (nSPS) is 12.4. The molecule has 0 spiro atoms. The molecule has 1 atom stereocenters. The van der Waals surface area contributed by atoms with Crippen LogP contribution in [0.4, 0.5) is 4.39 Å². The van der Waals surface area contributed by atoms with Crippen molar-refractivity contribution in [3.8, 4) is 5.75 Å². The number of hydrogen-bond donors (Lipinski definition) is 2. The lowest BCUT2D eigenvalue weighted by molar-refractivity contribution is 0.458. The topological polar surface area (TPSA) is 32.3 Å². The fourth-order valence-corrected chi connectivity index (χ4v) is 2.15. The molecular weight excluding hydrogens is 265 g/mol. The SMILES string of the molecule is CC(NCc1c(O)cccc1Cl)c1ccccc1F. The molecule has 0 aliphatic carbocycles. The molecule has 0 saturated carbocycles. The van der Waals surface area contributed by atoms with Crippen LogP contribution in [0.5, 0.6) is 5.75 Å². The molecule has 0 saturated heterocycles. The molecule has 1 unspecified atom stereocenters. The number of hydrogen-bond acceptors (Lipinski definition) is 2. The van der Waals surface area contributed by atoms with Gasteiger partial charge >= 0.3 is 0 Å². The van der Waals surface area contributed by atoms with Gasteiger partial charge in [-0.3, -0.25) is 0 Å². The lowest BCUT2D eigenvalue weighted by Gasteiger charge is -2.16. The Morgan fingerprint density at radius 1 is 1.21 bits per heavy atom. The van der Waals surface area contributed by atoms with Gasteiger partial charge in [-0.25, -0.2) is 4.39 Å². The Kier molecular flexibility index (Phi) is 4.40. The fraction of sp³-hybridized carbons (Fsp3) is 0.200. The van der Waals surface area contributed by atoms with Crippen molar-refractivity contribution in [2.24, 2.45) is 0 Å². The summed E-state index contributed by atoms with van der Waals surface area (Å²) in [7, 11) is 0. The molecular formula is C15H15ClFNO. The van der Waals surface area contributed by atoms with Gasteiger partial charge in [-0.15, -0.1) is 0 Å². The average Bonchev–Trinajstić information content (AvgIpc) is 2.38. The van der Waals surface area contributed by atoms with Crippen LogP contribution in [0.15, 0.2) is 42.5 Å². The summed E-state index contributed by atoms with van der Waals surface area (Å²) in [5, 5.41) is 13.4. The molecule has 0 fully saturated rings. The number of phenols is 1. The highest BCUT2D eigenvalue weighted by atomic mass is 35.5. The van der Waals surface area contributed by atoms with E-state index in [1.54, 1.807) is 36.4 Å². The van der Waals surface area contributed by atoms with Crippen LogP contribution < -0.4 is 5.32 Å². The van der Waals surface area contributed by atoms with Crippen LogP contribution in [0.25, 0.3) is 0 Å². The lowest BCUT2D eigenvalue weighted by Crippen LogP contribution is -2.19. The van der Waals surface area contributed by atoms with Crippen molar-refractivity contribution in [3.05, 3.63) is 64.4 Å². The highest BCUT2D eigenvalue weighted by molar-refractivity contribution is 6.31. The van der Waals surface area contributed by atoms with Crippen molar-refractivity contribution in [2.75, 3.05) is 0 Å². The van der Waals surface area contributed by atoms with Gasteiger partial charge in [-0.1, -0.05) is 35.9 Å². The zero-order chi connectivity index (χ0) is 13.8. The summed E-state index contributed by atoms with van der Waals surface area (Å²) in [6.45, 7) is 2.24. The van der Waals surface area contributed by atoms with Crippen LogP contribution in [0.2, 0.25) is 5.02 Å². The van der Waals surface area contributed by atoms with Gasteiger partial charge in [0.2, 0.25) is 0 Å². The highest BCUT2D eigenvalue weighted by Gasteiger charge is 2.12. The zero-order valence-corrected chi connectivity index (χ0v) is 11.3. The Balaban J connectivity index is 2.09. The summed E-state index contributed by atoms with van der Waals surface area (Å²) in [4.78, 5) is 0. The van der Waals surface area contributed by atoms with E-state index >= 15 is 0 Å². The third kappa shape index (κ3) is 3.25. The van der Waals surface area contributed by atoms with E-state index in [0.29, 0.717) is 22.7 Å². The molecule has 2 rings (SSSR count). The largest absolute Gasteiger partial charge is 0.508 e. The van der Waals surface area contributed by atoms with E-state index < -0.39 is 0 Å². The molecule has 4 heteroatoms. The number of benzene rings is 2. The lowest BCUT2D eigenvalue weighted by atomic mass is 10.1. The number of halogens is 2. The highest BCUT2D eigenvalue weighted by Crippen LogP contribution is 2.26. The van der Waals surface area contributed by atoms with Gasteiger partial charge in [0.05, 0.1) is 0 Å². The first-order chi connectivity index (χ1) is 9.09. The molecule has 2 aromatic carbocycles. The number of nitrogens with one attached hydrogen (secondary N) is 1. The van der Waals surface area contributed by atoms with E-state index in [9.17, 15) is 9.50 Å². The minimum absolute atomic E-state index is 0.140. The van der Waals surface area contributed by atoms with Gasteiger partial charge in [0.1, 0.15) is 11.6 Å². The molecule has 2 N–H and O–H groups in total. The van der Waals surface area contributed by atoms with Crippen LogP contribution in [-0.2, 0) is 6.54 Å². The molecule has 0 amide bonds. The molecule has 0 heterocycles. The van der Waals surface area contributed by atoms with E-state index in [2.05, 4.69) is 5.32 Å². The summed E-state index contributed by atoms with van der Waals surface area (Å²) in [6.07, 6.45) is 0. The summed E-state index contributed by atoms with van der Waals surface area (Å²) in [5.74, 6) is -0.105. The van der Waals surface area contributed by atoms with Crippen LogP contribution in [0, 0.1) is 5.82 Å². The number of aromatic hydroxyl groups is 1. The molecule has 100 valence electrons. The predicted octanol–water partition coefficient (Wildman–Crippen LogP) is 4.04. The molecule has 0 bridgehead atoms. The predicted molar refractivity (Wildman–Crippen MR) is 74.8 cm³/mol. The Hall–Kier alpha value is -1.58.